The number of thioether (sulfide) groups is 1. The molecule has 0 aliphatic carbocycles. The van der Waals surface area contributed by atoms with Crippen LogP contribution in [0.2, 0.25) is 0 Å². The minimum Gasteiger partial charge on any atom is -0.480 e. The van der Waals surface area contributed by atoms with Crippen molar-refractivity contribution in [2.45, 2.75) is 44.1 Å². The summed E-state index contributed by atoms with van der Waals surface area (Å²) in [5, 5.41) is 8.86. The molecule has 0 heterocycles. The van der Waals surface area contributed by atoms with Gasteiger partial charge in [-0.1, -0.05) is 0 Å². The van der Waals surface area contributed by atoms with Crippen molar-refractivity contribution in [1.29, 1.82) is 0 Å². The number of carboxylic acids is 1. The molecule has 0 bridgehead atoms. The largest absolute Gasteiger partial charge is 0.480 e. The molecule has 0 aliphatic rings. The number of hydrogen-bond acceptors (Lipinski definition) is 4. The second-order valence-electron chi connectivity index (χ2n) is 5.10. The van der Waals surface area contributed by atoms with Crippen LogP contribution < -0.4 is 0 Å². The van der Waals surface area contributed by atoms with Gasteiger partial charge >= 0.3 is 5.97 Å². The highest BCUT2D eigenvalue weighted by Crippen LogP contribution is 2.26. The molecule has 16 heavy (non-hydrogen) atoms. The molecule has 0 amide bonds. The lowest BCUT2D eigenvalue weighted by Gasteiger charge is -2.22. The van der Waals surface area contributed by atoms with Crippen LogP contribution in [0.3, 0.4) is 0 Å². The van der Waals surface area contributed by atoms with Gasteiger partial charge in [0, 0.05) is 5.75 Å². The number of sulfone groups is 1. The Balaban J connectivity index is 4.36. The summed E-state index contributed by atoms with van der Waals surface area (Å²) in [5.74, 6) is -0.609. The van der Waals surface area contributed by atoms with Crippen LogP contribution in [0.1, 0.15) is 34.6 Å². The van der Waals surface area contributed by atoms with Crippen molar-refractivity contribution in [2.75, 3.05) is 11.5 Å². The number of carboxylic acid groups (broad SMARTS) is 1. The molecule has 0 atom stereocenters. The molecule has 6 heteroatoms. The van der Waals surface area contributed by atoms with Crippen molar-refractivity contribution in [2.24, 2.45) is 0 Å². The molecule has 0 saturated heterocycles. The van der Waals surface area contributed by atoms with E-state index in [1.807, 2.05) is 0 Å². The molecular weight excluding hydrogens is 248 g/mol. The van der Waals surface area contributed by atoms with E-state index in [1.54, 1.807) is 34.6 Å². The van der Waals surface area contributed by atoms with Crippen molar-refractivity contribution >= 4 is 27.6 Å². The lowest BCUT2D eigenvalue weighted by Crippen LogP contribution is -2.33. The molecule has 0 fully saturated rings. The lowest BCUT2D eigenvalue weighted by molar-refractivity contribution is -0.138. The summed E-state index contributed by atoms with van der Waals surface area (Å²) in [6.07, 6.45) is 0. The van der Waals surface area contributed by atoms with Gasteiger partial charge in [0.2, 0.25) is 0 Å². The van der Waals surface area contributed by atoms with Gasteiger partial charge < -0.3 is 5.11 Å². The van der Waals surface area contributed by atoms with Crippen molar-refractivity contribution in [3.05, 3.63) is 0 Å². The molecule has 0 aliphatic heterocycles. The monoisotopic (exact) mass is 268 g/mol. The zero-order valence-corrected chi connectivity index (χ0v) is 12.0. The van der Waals surface area contributed by atoms with Gasteiger partial charge in [-0.2, -0.15) is 0 Å². The molecule has 0 spiro atoms. The molecular formula is C10H20O4S2. The quantitative estimate of drug-likeness (QED) is 0.823. The van der Waals surface area contributed by atoms with Crippen molar-refractivity contribution in [1.82, 2.24) is 0 Å². The SMILES string of the molecule is CC(C)(SCCS(=O)(=O)C(C)(C)C)C(=O)O. The third-order valence-corrected chi connectivity index (χ3v) is 6.43. The summed E-state index contributed by atoms with van der Waals surface area (Å²) in [6.45, 7) is 8.09. The van der Waals surface area contributed by atoms with Gasteiger partial charge in [0.1, 0.15) is 4.75 Å². The summed E-state index contributed by atoms with van der Waals surface area (Å²) in [7, 11) is -3.16. The fraction of sp³-hybridized carbons (Fsp3) is 0.900. The highest BCUT2D eigenvalue weighted by molar-refractivity contribution is 8.02. The second-order valence-corrected chi connectivity index (χ2v) is 9.68. The smallest absolute Gasteiger partial charge is 0.319 e. The first-order valence-electron chi connectivity index (χ1n) is 5.00. The van der Waals surface area contributed by atoms with E-state index in [4.69, 9.17) is 5.11 Å². The summed E-state index contributed by atoms with van der Waals surface area (Å²) in [5.41, 5.74) is 0. The van der Waals surface area contributed by atoms with Crippen LogP contribution in [0.4, 0.5) is 0 Å². The summed E-state index contributed by atoms with van der Waals surface area (Å²) in [6, 6.07) is 0. The van der Waals surface area contributed by atoms with Crippen LogP contribution in [-0.2, 0) is 14.6 Å². The van der Waals surface area contributed by atoms with Crippen molar-refractivity contribution in [3.63, 3.8) is 0 Å². The van der Waals surface area contributed by atoms with Crippen molar-refractivity contribution < 1.29 is 18.3 Å². The average Bonchev–Trinajstić information content (AvgIpc) is 2.00. The second kappa shape index (κ2) is 4.96. The summed E-state index contributed by atoms with van der Waals surface area (Å²) in [4.78, 5) is 10.8. The van der Waals surface area contributed by atoms with Crippen LogP contribution in [-0.4, -0.2) is 40.5 Å². The fourth-order valence-electron chi connectivity index (χ4n) is 0.774. The van der Waals surface area contributed by atoms with E-state index in [1.165, 1.54) is 0 Å². The zero-order valence-electron chi connectivity index (χ0n) is 10.4. The topological polar surface area (TPSA) is 71.4 Å². The van der Waals surface area contributed by atoms with Crippen LogP contribution in [0, 0.1) is 0 Å². The van der Waals surface area contributed by atoms with Gasteiger partial charge in [-0.15, -0.1) is 11.8 Å². The maximum absolute atomic E-state index is 11.7. The molecule has 0 saturated carbocycles. The molecule has 0 rings (SSSR count). The summed E-state index contributed by atoms with van der Waals surface area (Å²) < 4.78 is 21.8. The van der Waals surface area contributed by atoms with Gasteiger partial charge in [0.05, 0.1) is 10.5 Å². The Morgan fingerprint density at radius 1 is 1.19 bits per heavy atom. The minimum atomic E-state index is -3.16. The molecule has 0 aromatic carbocycles. The van der Waals surface area contributed by atoms with Gasteiger partial charge in [-0.3, -0.25) is 4.79 Å². The Bertz CT molecular complexity index is 350. The maximum atomic E-state index is 11.7. The molecule has 0 aromatic heterocycles. The molecule has 4 nitrogen and oxygen atoms in total. The zero-order chi connectivity index (χ0) is 13.2. The van der Waals surface area contributed by atoms with Crippen LogP contribution in [0.25, 0.3) is 0 Å². The maximum Gasteiger partial charge on any atom is 0.319 e. The highest BCUT2D eigenvalue weighted by atomic mass is 32.2. The number of rotatable bonds is 5. The van der Waals surface area contributed by atoms with Crippen LogP contribution in [0.5, 0.6) is 0 Å². The molecule has 0 unspecified atom stereocenters. The third-order valence-electron chi connectivity index (χ3n) is 2.26. The lowest BCUT2D eigenvalue weighted by atomic mass is 10.2. The van der Waals surface area contributed by atoms with E-state index in [0.717, 1.165) is 11.8 Å². The molecule has 1 N–H and O–H groups in total. The molecule has 0 aromatic rings. The van der Waals surface area contributed by atoms with Gasteiger partial charge in [-0.05, 0) is 34.6 Å². The predicted molar refractivity (Wildman–Crippen MR) is 67.7 cm³/mol. The predicted octanol–water partition coefficient (Wildman–Crippen LogP) is 1.80. The van der Waals surface area contributed by atoms with E-state index in [2.05, 4.69) is 0 Å². The highest BCUT2D eigenvalue weighted by Gasteiger charge is 2.31. The Morgan fingerprint density at radius 3 is 1.94 bits per heavy atom. The molecule has 0 radical (unpaired) electrons. The van der Waals surface area contributed by atoms with E-state index >= 15 is 0 Å². The van der Waals surface area contributed by atoms with E-state index in [-0.39, 0.29) is 5.75 Å². The Kier molecular flexibility index (Phi) is 4.89. The standard InChI is InChI=1S/C10H20O4S2/c1-9(2,3)16(13,14)7-6-15-10(4,5)8(11)12/h6-7H2,1-5H3,(H,11,12). The first kappa shape index (κ1) is 15.8. The average molecular weight is 268 g/mol. The fourth-order valence-corrected chi connectivity index (χ4v) is 3.23. The first-order valence-corrected chi connectivity index (χ1v) is 7.63. The number of hydrogen-bond donors (Lipinski definition) is 1. The Labute approximate surface area is 102 Å². The number of aliphatic carboxylic acids is 1. The van der Waals surface area contributed by atoms with Gasteiger partial charge in [0.25, 0.3) is 0 Å². The first-order chi connectivity index (χ1) is 6.90. The summed E-state index contributed by atoms with van der Waals surface area (Å²) >= 11 is 1.15. The molecule has 96 valence electrons. The van der Waals surface area contributed by atoms with Gasteiger partial charge in [-0.25, -0.2) is 8.42 Å². The van der Waals surface area contributed by atoms with Crippen LogP contribution >= 0.6 is 11.8 Å². The van der Waals surface area contributed by atoms with Crippen LogP contribution in [0.15, 0.2) is 0 Å². The van der Waals surface area contributed by atoms with E-state index in [9.17, 15) is 13.2 Å². The Morgan fingerprint density at radius 2 is 1.62 bits per heavy atom. The van der Waals surface area contributed by atoms with E-state index in [0.29, 0.717) is 5.75 Å². The Hall–Kier alpha value is -0.230. The number of carbonyl (C=O) groups is 1. The van der Waals surface area contributed by atoms with Crippen molar-refractivity contribution in [3.8, 4) is 0 Å². The van der Waals surface area contributed by atoms with E-state index < -0.39 is 25.3 Å². The third kappa shape index (κ3) is 4.33. The minimum absolute atomic E-state index is 0.0118. The van der Waals surface area contributed by atoms with Gasteiger partial charge in [0.15, 0.2) is 9.84 Å². The normalized spacial score (nSPS) is 13.8.